The number of nitro groups is 1. The Morgan fingerprint density at radius 2 is 1.76 bits per heavy atom. The van der Waals surface area contributed by atoms with Crippen LogP contribution in [0.15, 0.2) is 58.4 Å². The summed E-state index contributed by atoms with van der Waals surface area (Å²) in [5.41, 5.74) is 1.04. The summed E-state index contributed by atoms with van der Waals surface area (Å²) in [6.45, 7) is 5.58. The number of benzene rings is 2. The first-order valence-electron chi connectivity index (χ1n) is 11.2. The molecule has 10 nitrogen and oxygen atoms in total. The number of hydrogen-bond acceptors (Lipinski definition) is 7. The van der Waals surface area contributed by atoms with Crippen LogP contribution in [0.25, 0.3) is 0 Å². The molecule has 2 aromatic rings. The fourth-order valence-electron chi connectivity index (χ4n) is 4.26. The predicted molar refractivity (Wildman–Crippen MR) is 128 cm³/mol. The number of sulfonamides is 1. The number of piperazine rings is 1. The number of aliphatic imine (C=N–C) groups is 1. The zero-order chi connectivity index (χ0) is 24.5. The zero-order valence-corrected chi connectivity index (χ0v) is 19.9. The molecule has 0 bridgehead atoms. The number of amides is 1. The van der Waals surface area contributed by atoms with E-state index in [1.807, 2.05) is 18.7 Å². The largest absolute Gasteiger partial charge is 0.362 e. The second kappa shape index (κ2) is 9.41. The van der Waals surface area contributed by atoms with E-state index in [-0.39, 0.29) is 28.2 Å². The third kappa shape index (κ3) is 4.47. The summed E-state index contributed by atoms with van der Waals surface area (Å²) in [6.07, 6.45) is 0.692. The molecule has 0 radical (unpaired) electrons. The van der Waals surface area contributed by atoms with Crippen LogP contribution in [0.5, 0.6) is 0 Å². The van der Waals surface area contributed by atoms with E-state index in [0.717, 1.165) is 0 Å². The van der Waals surface area contributed by atoms with Crippen molar-refractivity contribution in [3.05, 3.63) is 64.2 Å². The highest BCUT2D eigenvalue weighted by Gasteiger charge is 2.35. The van der Waals surface area contributed by atoms with Crippen molar-refractivity contribution in [2.45, 2.75) is 31.2 Å². The number of para-hydroxylation sites is 2. The first-order chi connectivity index (χ1) is 16.2. The molecule has 180 valence electrons. The fourth-order valence-corrected chi connectivity index (χ4v) is 5.50. The van der Waals surface area contributed by atoms with Gasteiger partial charge in [-0.15, -0.1) is 0 Å². The minimum atomic E-state index is -3.70. The van der Waals surface area contributed by atoms with Gasteiger partial charge in [0, 0.05) is 37.8 Å². The van der Waals surface area contributed by atoms with Crippen molar-refractivity contribution in [2.24, 2.45) is 10.9 Å². The van der Waals surface area contributed by atoms with Gasteiger partial charge in [-0.05, 0) is 24.1 Å². The Morgan fingerprint density at radius 1 is 1.12 bits per heavy atom. The van der Waals surface area contributed by atoms with E-state index in [1.54, 1.807) is 41.3 Å². The van der Waals surface area contributed by atoms with Gasteiger partial charge in [0.25, 0.3) is 15.7 Å². The molecule has 1 fully saturated rings. The Labute approximate surface area is 198 Å². The lowest BCUT2D eigenvalue weighted by Gasteiger charge is -2.37. The van der Waals surface area contributed by atoms with Crippen molar-refractivity contribution in [1.29, 1.82) is 0 Å². The molecule has 1 saturated heterocycles. The average molecular weight is 486 g/mol. The highest BCUT2D eigenvalue weighted by Crippen LogP contribution is 2.29. The normalized spacial score (nSPS) is 19.9. The molecular weight excluding hydrogens is 458 g/mol. The Hall–Kier alpha value is -3.47. The number of fused-ring (bicyclic) bond motifs is 1. The summed E-state index contributed by atoms with van der Waals surface area (Å²) >= 11 is 0. The van der Waals surface area contributed by atoms with Gasteiger partial charge in [0.15, 0.2) is 0 Å². The first kappa shape index (κ1) is 23.7. The van der Waals surface area contributed by atoms with Gasteiger partial charge in [-0.3, -0.25) is 24.6 Å². The lowest BCUT2D eigenvalue weighted by molar-refractivity contribution is -0.384. The Kier molecular flexibility index (Phi) is 6.56. The van der Waals surface area contributed by atoms with Crippen LogP contribution in [-0.4, -0.2) is 62.2 Å². The topological polar surface area (TPSA) is 125 Å². The first-order valence-corrected chi connectivity index (χ1v) is 12.7. The number of carbonyl (C=O) groups excluding carboxylic acids is 1. The van der Waals surface area contributed by atoms with Crippen molar-refractivity contribution in [3.63, 3.8) is 0 Å². The van der Waals surface area contributed by atoms with Crippen LogP contribution < -0.4 is 9.62 Å². The number of hydrogen-bond donors (Lipinski definition) is 1. The smallest absolute Gasteiger partial charge is 0.292 e. The van der Waals surface area contributed by atoms with Crippen LogP contribution in [-0.2, 0) is 14.8 Å². The minimum Gasteiger partial charge on any atom is -0.362 e. The molecule has 0 spiro atoms. The molecule has 1 amide bonds. The van der Waals surface area contributed by atoms with Crippen LogP contribution in [0.4, 0.5) is 11.4 Å². The minimum absolute atomic E-state index is 0.0401. The quantitative estimate of drug-likeness (QED) is 0.495. The molecule has 4 rings (SSSR count). The van der Waals surface area contributed by atoms with Crippen LogP contribution >= 0.6 is 0 Å². The van der Waals surface area contributed by atoms with E-state index in [1.165, 1.54) is 12.1 Å². The Morgan fingerprint density at radius 3 is 2.44 bits per heavy atom. The zero-order valence-electron chi connectivity index (χ0n) is 19.0. The second-order valence-corrected chi connectivity index (χ2v) is 10.1. The lowest BCUT2D eigenvalue weighted by atomic mass is 9.97. The summed E-state index contributed by atoms with van der Waals surface area (Å²) < 4.78 is 27.4. The fraction of sp³-hybridized carbons (Fsp3) is 0.391. The van der Waals surface area contributed by atoms with Gasteiger partial charge in [-0.25, -0.2) is 8.42 Å². The molecule has 1 N–H and O–H groups in total. The highest BCUT2D eigenvalue weighted by atomic mass is 32.2. The molecule has 11 heteroatoms. The monoisotopic (exact) mass is 485 g/mol. The third-order valence-electron chi connectivity index (χ3n) is 6.38. The lowest BCUT2D eigenvalue weighted by Crippen LogP contribution is -2.52. The van der Waals surface area contributed by atoms with Crippen molar-refractivity contribution in [3.8, 4) is 0 Å². The van der Waals surface area contributed by atoms with E-state index in [2.05, 4.69) is 9.71 Å². The highest BCUT2D eigenvalue weighted by molar-refractivity contribution is 7.90. The predicted octanol–water partition coefficient (Wildman–Crippen LogP) is 2.40. The third-order valence-corrected chi connectivity index (χ3v) is 7.77. The van der Waals surface area contributed by atoms with Crippen molar-refractivity contribution < 1.29 is 18.1 Å². The van der Waals surface area contributed by atoms with E-state index in [0.29, 0.717) is 43.9 Å². The van der Waals surface area contributed by atoms with Crippen LogP contribution in [0.3, 0.4) is 0 Å². The summed E-state index contributed by atoms with van der Waals surface area (Å²) in [4.78, 5) is 32.9. The second-order valence-electron chi connectivity index (χ2n) is 8.47. The van der Waals surface area contributed by atoms with Gasteiger partial charge >= 0.3 is 0 Å². The molecule has 0 aromatic heterocycles. The molecule has 2 heterocycles. The van der Waals surface area contributed by atoms with Crippen molar-refractivity contribution in [2.75, 3.05) is 31.1 Å². The van der Waals surface area contributed by atoms with Gasteiger partial charge in [0.05, 0.1) is 9.82 Å². The summed E-state index contributed by atoms with van der Waals surface area (Å²) in [7, 11) is -3.70. The molecular formula is C23H27N5O5S. The van der Waals surface area contributed by atoms with Crippen LogP contribution in [0.2, 0.25) is 0 Å². The molecule has 34 heavy (non-hydrogen) atoms. The van der Waals surface area contributed by atoms with Gasteiger partial charge in [0.2, 0.25) is 5.91 Å². The number of nitro benzene ring substituents is 1. The Bertz CT molecular complexity index is 1240. The molecule has 2 aliphatic heterocycles. The molecule has 2 aromatic carbocycles. The van der Waals surface area contributed by atoms with Crippen LogP contribution in [0.1, 0.15) is 25.8 Å². The van der Waals surface area contributed by atoms with Gasteiger partial charge in [-0.1, -0.05) is 44.5 Å². The maximum absolute atomic E-state index is 13.5. The average Bonchev–Trinajstić information content (AvgIpc) is 3.11. The molecule has 0 aliphatic carbocycles. The Balaban J connectivity index is 1.54. The SMILES string of the molecule is CC[C@H](C)[C@H](N=C1NS(=O)(=O)c2ccccc21)C(=O)N1CCN(c2ccccc2[N+](=O)[O-])CC1. The van der Waals surface area contributed by atoms with Gasteiger partial charge in [0.1, 0.15) is 17.6 Å². The number of amidine groups is 1. The number of anilines is 1. The number of carbonyl (C=O) groups is 1. The van der Waals surface area contributed by atoms with Crippen molar-refractivity contribution >= 4 is 33.1 Å². The van der Waals surface area contributed by atoms with E-state index in [9.17, 15) is 23.3 Å². The van der Waals surface area contributed by atoms with Gasteiger partial charge in [-0.2, -0.15) is 0 Å². The molecule has 2 atom stereocenters. The standard InChI is InChI=1S/C23H27N5O5S/c1-3-16(2)21(24-22-17-8-4-7-11-20(17)34(32,33)25-22)23(29)27-14-12-26(13-15-27)18-9-5-6-10-19(18)28(30)31/h4-11,16,21H,3,12-15H2,1-2H3,(H,24,25)/t16-,21-/m0/s1. The van der Waals surface area contributed by atoms with Crippen molar-refractivity contribution in [1.82, 2.24) is 9.62 Å². The van der Waals surface area contributed by atoms with E-state index >= 15 is 0 Å². The molecule has 2 aliphatic rings. The van der Waals surface area contributed by atoms with Gasteiger partial charge < -0.3 is 9.80 Å². The van der Waals surface area contributed by atoms with E-state index in [4.69, 9.17) is 0 Å². The van der Waals surface area contributed by atoms with Crippen LogP contribution in [0, 0.1) is 16.0 Å². The summed E-state index contributed by atoms with van der Waals surface area (Å²) in [5.74, 6) is -0.0917. The number of nitrogens with zero attached hydrogens (tertiary/aromatic N) is 4. The maximum Gasteiger partial charge on any atom is 0.292 e. The number of nitrogens with one attached hydrogen (secondary N) is 1. The summed E-state index contributed by atoms with van der Waals surface area (Å²) in [5, 5.41) is 11.4. The van der Waals surface area contributed by atoms with E-state index < -0.39 is 21.0 Å². The maximum atomic E-state index is 13.5. The molecule has 0 unspecified atom stereocenters. The summed E-state index contributed by atoms with van der Waals surface area (Å²) in [6, 6.07) is 12.4. The molecule has 0 saturated carbocycles. The number of rotatable bonds is 6.